The van der Waals surface area contributed by atoms with Gasteiger partial charge in [-0.1, -0.05) is 24.3 Å². The molecular formula is C28H24F3N7O. The van der Waals surface area contributed by atoms with Crippen molar-refractivity contribution in [3.8, 4) is 22.8 Å². The van der Waals surface area contributed by atoms with Gasteiger partial charge < -0.3 is 4.57 Å². The molecule has 0 unspecified atom stereocenters. The van der Waals surface area contributed by atoms with Crippen LogP contribution in [0.4, 0.5) is 13.2 Å². The predicted octanol–water partition coefficient (Wildman–Crippen LogP) is 5.33. The molecule has 0 bridgehead atoms. The Hall–Kier alpha value is -4.28. The fourth-order valence-corrected chi connectivity index (χ4v) is 5.12. The average Bonchev–Trinajstić information content (AvgIpc) is 3.86. The third-order valence-electron chi connectivity index (χ3n) is 7.38. The molecule has 5 aromatic rings. The summed E-state index contributed by atoms with van der Waals surface area (Å²) in [5.74, 6) is 1.18. The average molecular weight is 532 g/mol. The van der Waals surface area contributed by atoms with Crippen LogP contribution < -0.4 is 5.69 Å². The number of pyridine rings is 1. The summed E-state index contributed by atoms with van der Waals surface area (Å²) in [6.07, 6.45) is 4.06. The number of alkyl halides is 3. The number of fused-ring (bicyclic) bond motifs is 1. The molecule has 2 saturated carbocycles. The van der Waals surface area contributed by atoms with Gasteiger partial charge in [-0.3, -0.25) is 14.1 Å². The standard InChI is InChI=1S/C28H24F3N7O/c1-36-15-22(28(29,30)31)34-25(36)18-6-4-16(5-7-18)14-37-26-21(38(27(37)39)19-10-11-19)13-33-24(35-26)20-3-2-12-32-23(20)17-8-9-17/h2-7,12-13,15,17,19H,8-11,14H2,1H3. The summed E-state index contributed by atoms with van der Waals surface area (Å²) in [7, 11) is 1.53. The lowest BCUT2D eigenvalue weighted by Crippen LogP contribution is -2.24. The van der Waals surface area contributed by atoms with Crippen molar-refractivity contribution in [2.75, 3.05) is 0 Å². The quantitative estimate of drug-likeness (QED) is 0.296. The number of halogens is 3. The minimum Gasteiger partial charge on any atom is -0.333 e. The first-order valence-electron chi connectivity index (χ1n) is 12.9. The van der Waals surface area contributed by atoms with E-state index in [0.29, 0.717) is 28.5 Å². The first kappa shape index (κ1) is 23.8. The van der Waals surface area contributed by atoms with E-state index in [1.165, 1.54) is 11.6 Å². The highest BCUT2D eigenvalue weighted by Gasteiger charge is 2.35. The Morgan fingerprint density at radius 2 is 1.77 bits per heavy atom. The summed E-state index contributed by atoms with van der Waals surface area (Å²) < 4.78 is 44.1. The summed E-state index contributed by atoms with van der Waals surface area (Å²) >= 11 is 0. The van der Waals surface area contributed by atoms with Crippen molar-refractivity contribution in [2.24, 2.45) is 7.05 Å². The van der Waals surface area contributed by atoms with E-state index in [1.54, 1.807) is 45.8 Å². The largest absolute Gasteiger partial charge is 0.434 e. The third kappa shape index (κ3) is 4.21. The lowest BCUT2D eigenvalue weighted by molar-refractivity contribution is -0.140. The molecule has 11 heteroatoms. The van der Waals surface area contributed by atoms with Crippen molar-refractivity contribution in [2.45, 2.75) is 50.4 Å². The van der Waals surface area contributed by atoms with Gasteiger partial charge in [0.25, 0.3) is 0 Å². The fraction of sp³-hybridized carbons (Fsp3) is 0.321. The van der Waals surface area contributed by atoms with E-state index in [0.717, 1.165) is 48.7 Å². The maximum absolute atomic E-state index is 13.6. The molecule has 8 nitrogen and oxygen atoms in total. The lowest BCUT2D eigenvalue weighted by atomic mass is 10.1. The van der Waals surface area contributed by atoms with Crippen LogP contribution in [0.3, 0.4) is 0 Å². The van der Waals surface area contributed by atoms with E-state index < -0.39 is 11.9 Å². The minimum atomic E-state index is -4.51. The van der Waals surface area contributed by atoms with Crippen LogP contribution >= 0.6 is 0 Å². The SMILES string of the molecule is Cn1cc(C(F)(F)F)nc1-c1ccc(Cn2c(=O)n(C3CC3)c3cnc(-c4cccnc4C4CC4)nc32)cc1. The lowest BCUT2D eigenvalue weighted by Gasteiger charge is -2.08. The summed E-state index contributed by atoms with van der Waals surface area (Å²) in [5, 5.41) is 0. The van der Waals surface area contributed by atoms with Crippen LogP contribution in [0.25, 0.3) is 33.9 Å². The molecule has 4 aromatic heterocycles. The second kappa shape index (κ2) is 8.62. The van der Waals surface area contributed by atoms with Gasteiger partial charge in [0.05, 0.1) is 18.4 Å². The molecule has 1 aromatic carbocycles. The Kier molecular flexibility index (Phi) is 5.26. The molecule has 0 amide bonds. The molecule has 198 valence electrons. The highest BCUT2D eigenvalue weighted by molar-refractivity contribution is 5.75. The Morgan fingerprint density at radius 3 is 2.44 bits per heavy atom. The van der Waals surface area contributed by atoms with Gasteiger partial charge >= 0.3 is 11.9 Å². The second-order valence-electron chi connectivity index (χ2n) is 10.3. The van der Waals surface area contributed by atoms with Crippen molar-refractivity contribution in [3.63, 3.8) is 0 Å². The minimum absolute atomic E-state index is 0.143. The van der Waals surface area contributed by atoms with E-state index in [1.807, 2.05) is 12.1 Å². The first-order valence-corrected chi connectivity index (χ1v) is 12.9. The molecule has 7 rings (SSSR count). The van der Waals surface area contributed by atoms with E-state index in [-0.39, 0.29) is 24.1 Å². The maximum atomic E-state index is 13.6. The second-order valence-corrected chi connectivity index (χ2v) is 10.3. The number of hydrogen-bond acceptors (Lipinski definition) is 5. The molecule has 2 fully saturated rings. The molecule has 0 spiro atoms. The van der Waals surface area contributed by atoms with Crippen molar-refractivity contribution >= 4 is 11.2 Å². The monoisotopic (exact) mass is 531 g/mol. The Balaban J connectivity index is 1.27. The van der Waals surface area contributed by atoms with E-state index >= 15 is 0 Å². The van der Waals surface area contributed by atoms with Gasteiger partial charge in [0.1, 0.15) is 11.3 Å². The number of benzene rings is 1. The van der Waals surface area contributed by atoms with E-state index in [9.17, 15) is 18.0 Å². The Morgan fingerprint density at radius 1 is 1.00 bits per heavy atom. The summed E-state index contributed by atoms with van der Waals surface area (Å²) in [6.45, 7) is 0.267. The van der Waals surface area contributed by atoms with Crippen LogP contribution in [0.15, 0.2) is 59.8 Å². The fourth-order valence-electron chi connectivity index (χ4n) is 5.12. The summed E-state index contributed by atoms with van der Waals surface area (Å²) in [5.41, 5.74) is 3.44. The summed E-state index contributed by atoms with van der Waals surface area (Å²) in [4.78, 5) is 31.4. The van der Waals surface area contributed by atoms with Crippen molar-refractivity contribution in [3.05, 3.63) is 82.4 Å². The topological polar surface area (TPSA) is 83.4 Å². The van der Waals surface area contributed by atoms with Crippen LogP contribution in [0, 0.1) is 0 Å². The van der Waals surface area contributed by atoms with E-state index in [4.69, 9.17) is 4.98 Å². The summed E-state index contributed by atoms with van der Waals surface area (Å²) in [6, 6.07) is 11.0. The van der Waals surface area contributed by atoms with Crippen LogP contribution in [-0.2, 0) is 19.8 Å². The highest BCUT2D eigenvalue weighted by atomic mass is 19.4. The maximum Gasteiger partial charge on any atom is 0.434 e. The zero-order valence-corrected chi connectivity index (χ0v) is 21.1. The van der Waals surface area contributed by atoms with Crippen molar-refractivity contribution < 1.29 is 13.2 Å². The molecule has 2 aliphatic rings. The number of rotatable bonds is 6. The molecule has 0 atom stereocenters. The van der Waals surface area contributed by atoms with Gasteiger partial charge in [-0.25, -0.2) is 19.7 Å². The van der Waals surface area contributed by atoms with Gasteiger partial charge in [0.2, 0.25) is 0 Å². The first-order chi connectivity index (χ1) is 18.8. The zero-order chi connectivity index (χ0) is 26.9. The van der Waals surface area contributed by atoms with Gasteiger partial charge in [0, 0.05) is 42.5 Å². The molecule has 0 saturated heterocycles. The molecule has 0 N–H and O–H groups in total. The van der Waals surface area contributed by atoms with Crippen LogP contribution in [0.5, 0.6) is 0 Å². The molecule has 39 heavy (non-hydrogen) atoms. The number of aromatic nitrogens is 7. The Labute approximate surface area is 220 Å². The normalized spacial score (nSPS) is 15.8. The van der Waals surface area contributed by atoms with E-state index in [2.05, 4.69) is 15.0 Å². The van der Waals surface area contributed by atoms with Crippen LogP contribution in [-0.4, -0.2) is 33.6 Å². The van der Waals surface area contributed by atoms with Gasteiger partial charge in [0.15, 0.2) is 17.2 Å². The van der Waals surface area contributed by atoms with Crippen molar-refractivity contribution in [1.29, 1.82) is 0 Å². The third-order valence-corrected chi connectivity index (χ3v) is 7.38. The van der Waals surface area contributed by atoms with Gasteiger partial charge in [-0.05, 0) is 43.4 Å². The number of aryl methyl sites for hydroxylation is 1. The number of imidazole rings is 2. The van der Waals surface area contributed by atoms with Crippen LogP contribution in [0.2, 0.25) is 0 Å². The zero-order valence-electron chi connectivity index (χ0n) is 21.1. The molecule has 4 heterocycles. The van der Waals surface area contributed by atoms with Crippen molar-refractivity contribution in [1.82, 2.24) is 33.6 Å². The van der Waals surface area contributed by atoms with Gasteiger partial charge in [-0.15, -0.1) is 0 Å². The number of nitrogens with zero attached hydrogens (tertiary/aromatic N) is 7. The Bertz CT molecular complexity index is 1770. The smallest absolute Gasteiger partial charge is 0.333 e. The van der Waals surface area contributed by atoms with Gasteiger partial charge in [-0.2, -0.15) is 13.2 Å². The molecular weight excluding hydrogens is 507 g/mol. The molecule has 0 radical (unpaired) electrons. The highest BCUT2D eigenvalue weighted by Crippen LogP contribution is 2.43. The number of hydrogen-bond donors (Lipinski definition) is 0. The predicted molar refractivity (Wildman–Crippen MR) is 138 cm³/mol. The van der Waals surface area contributed by atoms with Crippen LogP contribution in [0.1, 0.15) is 54.6 Å². The molecule has 0 aliphatic heterocycles. The molecule has 2 aliphatic carbocycles.